The Labute approximate surface area is 154 Å². The summed E-state index contributed by atoms with van der Waals surface area (Å²) in [6.07, 6.45) is 3.79. The molecule has 1 heterocycles. The van der Waals surface area contributed by atoms with Crippen molar-refractivity contribution in [1.82, 2.24) is 15.2 Å². The summed E-state index contributed by atoms with van der Waals surface area (Å²) in [5, 5.41) is 5.70. The summed E-state index contributed by atoms with van der Waals surface area (Å²) in [6, 6.07) is 7.41. The molecule has 1 aromatic carbocycles. The van der Waals surface area contributed by atoms with Crippen LogP contribution in [-0.4, -0.2) is 48.9 Å². The zero-order valence-corrected chi connectivity index (χ0v) is 15.8. The Kier molecular flexibility index (Phi) is 6.86. The molecule has 0 bridgehead atoms. The van der Waals surface area contributed by atoms with Gasteiger partial charge < -0.3 is 15.5 Å². The SMILES string of the molecule is Cc1cc(C)cc(NC(=O)c2cncc(C(=O)NCCCN(C)C)c2)c1. The molecule has 0 fully saturated rings. The summed E-state index contributed by atoms with van der Waals surface area (Å²) >= 11 is 0. The van der Waals surface area contributed by atoms with E-state index in [1.807, 2.05) is 46.1 Å². The topological polar surface area (TPSA) is 74.3 Å². The van der Waals surface area contributed by atoms with Crippen molar-refractivity contribution in [2.24, 2.45) is 0 Å². The van der Waals surface area contributed by atoms with Crippen molar-refractivity contribution >= 4 is 17.5 Å². The first-order valence-corrected chi connectivity index (χ1v) is 8.63. The van der Waals surface area contributed by atoms with Crippen LogP contribution in [0.15, 0.2) is 36.7 Å². The van der Waals surface area contributed by atoms with E-state index in [1.165, 1.54) is 12.4 Å². The van der Waals surface area contributed by atoms with E-state index in [1.54, 1.807) is 6.07 Å². The van der Waals surface area contributed by atoms with Crippen molar-refractivity contribution in [2.45, 2.75) is 20.3 Å². The number of nitrogens with zero attached hydrogens (tertiary/aromatic N) is 2. The van der Waals surface area contributed by atoms with Gasteiger partial charge in [0.25, 0.3) is 11.8 Å². The molecule has 0 radical (unpaired) electrons. The number of anilines is 1. The van der Waals surface area contributed by atoms with Gasteiger partial charge in [-0.1, -0.05) is 6.07 Å². The molecule has 26 heavy (non-hydrogen) atoms. The Balaban J connectivity index is 2.01. The van der Waals surface area contributed by atoms with Crippen molar-refractivity contribution in [2.75, 3.05) is 32.5 Å². The van der Waals surface area contributed by atoms with Crippen LogP contribution in [0.5, 0.6) is 0 Å². The Morgan fingerprint density at radius 3 is 2.19 bits per heavy atom. The van der Waals surface area contributed by atoms with Gasteiger partial charge in [0.2, 0.25) is 0 Å². The highest BCUT2D eigenvalue weighted by atomic mass is 16.2. The second kappa shape index (κ2) is 9.10. The van der Waals surface area contributed by atoms with E-state index in [9.17, 15) is 9.59 Å². The van der Waals surface area contributed by atoms with E-state index in [0.717, 1.165) is 29.8 Å². The zero-order chi connectivity index (χ0) is 19.1. The van der Waals surface area contributed by atoms with Crippen LogP contribution < -0.4 is 10.6 Å². The molecule has 0 saturated carbocycles. The van der Waals surface area contributed by atoms with Crippen molar-refractivity contribution in [3.05, 3.63) is 58.9 Å². The average Bonchev–Trinajstić information content (AvgIpc) is 2.57. The fourth-order valence-electron chi connectivity index (χ4n) is 2.64. The Morgan fingerprint density at radius 1 is 0.962 bits per heavy atom. The van der Waals surface area contributed by atoms with Gasteiger partial charge in [-0.05, 0) is 70.2 Å². The van der Waals surface area contributed by atoms with Crippen LogP contribution in [0.4, 0.5) is 5.69 Å². The summed E-state index contributed by atoms with van der Waals surface area (Å²) in [5.74, 6) is -0.512. The van der Waals surface area contributed by atoms with Gasteiger partial charge in [0.05, 0.1) is 11.1 Å². The van der Waals surface area contributed by atoms with E-state index >= 15 is 0 Å². The number of aryl methyl sites for hydroxylation is 2. The summed E-state index contributed by atoms with van der Waals surface area (Å²) in [7, 11) is 3.98. The van der Waals surface area contributed by atoms with Crippen LogP contribution in [0.25, 0.3) is 0 Å². The minimum atomic E-state index is -0.287. The van der Waals surface area contributed by atoms with Gasteiger partial charge in [0.15, 0.2) is 0 Å². The van der Waals surface area contributed by atoms with Crippen LogP contribution in [0, 0.1) is 13.8 Å². The third kappa shape index (κ3) is 5.97. The number of carbonyl (C=O) groups is 2. The smallest absolute Gasteiger partial charge is 0.257 e. The zero-order valence-electron chi connectivity index (χ0n) is 15.8. The van der Waals surface area contributed by atoms with Gasteiger partial charge >= 0.3 is 0 Å². The lowest BCUT2D eigenvalue weighted by Gasteiger charge is -2.10. The predicted molar refractivity (Wildman–Crippen MR) is 104 cm³/mol. The third-order valence-corrected chi connectivity index (χ3v) is 3.81. The standard InChI is InChI=1S/C20H26N4O2/c1-14-8-15(2)10-18(9-14)23-20(26)17-11-16(12-21-13-17)19(25)22-6-5-7-24(3)4/h8-13H,5-7H2,1-4H3,(H,22,25)(H,23,26). The lowest BCUT2D eigenvalue weighted by molar-refractivity contribution is 0.0952. The van der Waals surface area contributed by atoms with Crippen molar-refractivity contribution < 1.29 is 9.59 Å². The minimum Gasteiger partial charge on any atom is -0.352 e. The van der Waals surface area contributed by atoms with E-state index < -0.39 is 0 Å². The second-order valence-electron chi connectivity index (χ2n) is 6.71. The first kappa shape index (κ1) is 19.6. The molecule has 0 saturated heterocycles. The number of benzene rings is 1. The van der Waals surface area contributed by atoms with Crippen LogP contribution >= 0.6 is 0 Å². The molecular weight excluding hydrogens is 328 g/mol. The van der Waals surface area contributed by atoms with E-state index in [2.05, 4.69) is 20.5 Å². The van der Waals surface area contributed by atoms with Crippen molar-refractivity contribution in [3.63, 3.8) is 0 Å². The summed E-state index contributed by atoms with van der Waals surface area (Å²) in [4.78, 5) is 30.8. The number of rotatable bonds is 7. The molecule has 2 rings (SSSR count). The van der Waals surface area contributed by atoms with Crippen LogP contribution in [0.3, 0.4) is 0 Å². The highest BCUT2D eigenvalue weighted by Gasteiger charge is 2.12. The lowest BCUT2D eigenvalue weighted by atomic mass is 10.1. The molecule has 2 aromatic rings. The van der Waals surface area contributed by atoms with Crippen molar-refractivity contribution in [1.29, 1.82) is 0 Å². The minimum absolute atomic E-state index is 0.225. The highest BCUT2D eigenvalue weighted by Crippen LogP contribution is 2.15. The molecule has 138 valence electrons. The normalized spacial score (nSPS) is 10.7. The molecule has 6 heteroatoms. The average molecular weight is 354 g/mol. The number of hydrogen-bond acceptors (Lipinski definition) is 4. The van der Waals surface area contributed by atoms with E-state index in [-0.39, 0.29) is 11.8 Å². The lowest BCUT2D eigenvalue weighted by Crippen LogP contribution is -2.27. The molecule has 1 aromatic heterocycles. The van der Waals surface area contributed by atoms with Gasteiger partial charge in [-0.15, -0.1) is 0 Å². The number of amides is 2. The fraction of sp³-hybridized carbons (Fsp3) is 0.350. The quantitative estimate of drug-likeness (QED) is 0.750. The molecule has 2 amide bonds. The number of aromatic nitrogens is 1. The Hall–Kier alpha value is -2.73. The molecule has 0 aliphatic rings. The molecule has 0 spiro atoms. The van der Waals surface area contributed by atoms with E-state index in [4.69, 9.17) is 0 Å². The maximum Gasteiger partial charge on any atom is 0.257 e. The Bertz CT molecular complexity index is 767. The monoisotopic (exact) mass is 354 g/mol. The predicted octanol–water partition coefficient (Wildman–Crippen LogP) is 2.63. The molecule has 2 N–H and O–H groups in total. The number of nitrogens with one attached hydrogen (secondary N) is 2. The van der Waals surface area contributed by atoms with Crippen molar-refractivity contribution in [3.8, 4) is 0 Å². The van der Waals surface area contributed by atoms with Crippen LogP contribution in [0.2, 0.25) is 0 Å². The van der Waals surface area contributed by atoms with E-state index in [0.29, 0.717) is 17.7 Å². The molecule has 0 aliphatic heterocycles. The molecule has 6 nitrogen and oxygen atoms in total. The van der Waals surface area contributed by atoms with Gasteiger partial charge in [-0.2, -0.15) is 0 Å². The largest absolute Gasteiger partial charge is 0.352 e. The maximum atomic E-state index is 12.5. The van der Waals surface area contributed by atoms with Gasteiger partial charge in [-0.3, -0.25) is 14.6 Å². The second-order valence-corrected chi connectivity index (χ2v) is 6.71. The molecule has 0 atom stereocenters. The molecular formula is C20H26N4O2. The van der Waals surface area contributed by atoms with Gasteiger partial charge in [-0.25, -0.2) is 0 Å². The maximum absolute atomic E-state index is 12.5. The van der Waals surface area contributed by atoms with Crippen LogP contribution in [-0.2, 0) is 0 Å². The third-order valence-electron chi connectivity index (χ3n) is 3.81. The van der Waals surface area contributed by atoms with Gasteiger partial charge in [0.1, 0.15) is 0 Å². The fourth-order valence-corrected chi connectivity index (χ4v) is 2.64. The Morgan fingerprint density at radius 2 is 1.58 bits per heavy atom. The number of hydrogen-bond donors (Lipinski definition) is 2. The summed E-state index contributed by atoms with van der Waals surface area (Å²) < 4.78 is 0. The summed E-state index contributed by atoms with van der Waals surface area (Å²) in [5.41, 5.74) is 3.60. The molecule has 0 unspecified atom stereocenters. The molecule has 0 aliphatic carbocycles. The van der Waals surface area contributed by atoms with Gasteiger partial charge in [0, 0.05) is 24.6 Å². The number of pyridine rings is 1. The number of carbonyl (C=O) groups excluding carboxylic acids is 2. The summed E-state index contributed by atoms with van der Waals surface area (Å²) in [6.45, 7) is 5.43. The first-order valence-electron chi connectivity index (χ1n) is 8.63. The highest BCUT2D eigenvalue weighted by molar-refractivity contribution is 6.05. The first-order chi connectivity index (χ1) is 12.3. The van der Waals surface area contributed by atoms with Crippen LogP contribution in [0.1, 0.15) is 38.3 Å².